The molecule has 1 amide bonds. The number of hydrogen-bond acceptors (Lipinski definition) is 4. The van der Waals surface area contributed by atoms with E-state index in [0.29, 0.717) is 18.4 Å². The van der Waals surface area contributed by atoms with Crippen molar-refractivity contribution in [1.29, 1.82) is 0 Å². The molecule has 0 spiro atoms. The van der Waals surface area contributed by atoms with Crippen molar-refractivity contribution >= 4 is 5.91 Å². The van der Waals surface area contributed by atoms with E-state index in [0.717, 1.165) is 62.8 Å². The molecule has 0 radical (unpaired) electrons. The Hall–Kier alpha value is -2.18. The number of piperidine rings is 1. The third kappa shape index (κ3) is 3.64. The Balaban J connectivity index is 1.42. The highest BCUT2D eigenvalue weighted by Gasteiger charge is 2.32. The van der Waals surface area contributed by atoms with Crippen molar-refractivity contribution in [2.45, 2.75) is 71.4 Å². The molecule has 146 valence electrons. The molecule has 0 N–H and O–H groups in total. The van der Waals surface area contributed by atoms with Crippen LogP contribution in [-0.2, 0) is 17.9 Å². The highest BCUT2D eigenvalue weighted by Crippen LogP contribution is 2.31. The zero-order chi connectivity index (χ0) is 18.8. The molecule has 2 aliphatic rings. The van der Waals surface area contributed by atoms with Crippen LogP contribution in [0.25, 0.3) is 0 Å². The fourth-order valence-electron chi connectivity index (χ4n) is 4.62. The largest absolute Gasteiger partial charge is 0.342 e. The van der Waals surface area contributed by atoms with Gasteiger partial charge in [0.25, 0.3) is 0 Å². The maximum Gasteiger partial charge on any atom is 0.225 e. The van der Waals surface area contributed by atoms with Gasteiger partial charge in [-0.2, -0.15) is 0 Å². The van der Waals surface area contributed by atoms with E-state index in [9.17, 15) is 4.79 Å². The average Bonchev–Trinajstić information content (AvgIpc) is 3.43. The monoisotopic (exact) mass is 370 g/mol. The van der Waals surface area contributed by atoms with E-state index in [1.165, 1.54) is 12.8 Å². The van der Waals surface area contributed by atoms with Gasteiger partial charge >= 0.3 is 0 Å². The number of hydrogen-bond donors (Lipinski definition) is 0. The molecule has 27 heavy (non-hydrogen) atoms. The Labute approximate surface area is 160 Å². The van der Waals surface area contributed by atoms with E-state index in [1.54, 1.807) is 0 Å². The lowest BCUT2D eigenvalue weighted by Crippen LogP contribution is -2.41. The number of carbonyl (C=O) groups is 1. The minimum absolute atomic E-state index is 0.283. The minimum atomic E-state index is 0.283. The number of imidazole rings is 1. The summed E-state index contributed by atoms with van der Waals surface area (Å²) < 4.78 is 4.35. The number of amides is 1. The molecule has 2 aromatic heterocycles. The summed E-state index contributed by atoms with van der Waals surface area (Å²) in [6.07, 6.45) is 10.4. The van der Waals surface area contributed by atoms with Crippen LogP contribution in [0.4, 0.5) is 0 Å². The molecule has 1 saturated heterocycles. The number of rotatable bonds is 5. The van der Waals surface area contributed by atoms with Crippen LogP contribution in [0.3, 0.4) is 0 Å². The van der Waals surface area contributed by atoms with Crippen LogP contribution in [0.2, 0.25) is 0 Å². The van der Waals surface area contributed by atoms with Gasteiger partial charge in [-0.15, -0.1) is 10.2 Å². The Morgan fingerprint density at radius 1 is 1.15 bits per heavy atom. The van der Waals surface area contributed by atoms with Crippen LogP contribution in [0.15, 0.2) is 12.4 Å². The molecule has 0 unspecified atom stereocenters. The third-order valence-electron chi connectivity index (χ3n) is 6.28. The predicted molar refractivity (Wildman–Crippen MR) is 102 cm³/mol. The number of aryl methyl sites for hydroxylation is 1. The summed E-state index contributed by atoms with van der Waals surface area (Å²) in [6.45, 7) is 7.43. The number of carbonyl (C=O) groups excluding carboxylic acids is 1. The molecule has 0 atom stereocenters. The van der Waals surface area contributed by atoms with Crippen molar-refractivity contribution in [3.63, 3.8) is 0 Å². The number of nitrogens with zero attached hydrogens (tertiary/aromatic N) is 6. The van der Waals surface area contributed by atoms with Crippen LogP contribution in [-0.4, -0.2) is 48.2 Å². The van der Waals surface area contributed by atoms with Gasteiger partial charge in [0.1, 0.15) is 11.6 Å². The summed E-state index contributed by atoms with van der Waals surface area (Å²) in [5.41, 5.74) is 0. The van der Waals surface area contributed by atoms with Gasteiger partial charge in [-0.3, -0.25) is 4.79 Å². The second kappa shape index (κ2) is 7.82. The van der Waals surface area contributed by atoms with E-state index < -0.39 is 0 Å². The van der Waals surface area contributed by atoms with Crippen LogP contribution in [0.5, 0.6) is 0 Å². The zero-order valence-corrected chi connectivity index (χ0v) is 16.5. The van der Waals surface area contributed by atoms with E-state index >= 15 is 0 Å². The quantitative estimate of drug-likeness (QED) is 0.811. The first-order chi connectivity index (χ1) is 13.2. The second-order valence-corrected chi connectivity index (χ2v) is 7.90. The SMILES string of the molecule is CCn1c(Cn2ccnc2C)nnc1C1CCN(C(=O)C2CCCC2)CC1. The molecule has 3 heterocycles. The summed E-state index contributed by atoms with van der Waals surface area (Å²) in [6, 6.07) is 0. The van der Waals surface area contributed by atoms with Gasteiger partial charge < -0.3 is 14.0 Å². The predicted octanol–water partition coefficient (Wildman–Crippen LogP) is 2.75. The lowest BCUT2D eigenvalue weighted by molar-refractivity contribution is -0.136. The van der Waals surface area contributed by atoms with E-state index in [4.69, 9.17) is 0 Å². The first-order valence-electron chi connectivity index (χ1n) is 10.4. The lowest BCUT2D eigenvalue weighted by atomic mass is 9.94. The van der Waals surface area contributed by atoms with Crippen molar-refractivity contribution in [1.82, 2.24) is 29.2 Å². The summed E-state index contributed by atoms with van der Waals surface area (Å²) in [5.74, 6) is 4.12. The van der Waals surface area contributed by atoms with Crippen LogP contribution >= 0.6 is 0 Å². The van der Waals surface area contributed by atoms with Gasteiger partial charge in [-0.25, -0.2) is 4.98 Å². The molecule has 4 rings (SSSR count). The van der Waals surface area contributed by atoms with Gasteiger partial charge in [0, 0.05) is 43.9 Å². The van der Waals surface area contributed by atoms with Crippen LogP contribution in [0, 0.1) is 12.8 Å². The Morgan fingerprint density at radius 2 is 1.89 bits per heavy atom. The normalized spacial score (nSPS) is 19.1. The smallest absolute Gasteiger partial charge is 0.225 e. The highest BCUT2D eigenvalue weighted by molar-refractivity contribution is 5.79. The van der Waals surface area contributed by atoms with Crippen molar-refractivity contribution in [2.75, 3.05) is 13.1 Å². The maximum atomic E-state index is 12.7. The first kappa shape index (κ1) is 18.2. The van der Waals surface area contributed by atoms with E-state index in [2.05, 4.69) is 36.1 Å². The topological polar surface area (TPSA) is 68.8 Å². The molecular formula is C20H30N6O. The Kier molecular flexibility index (Phi) is 5.27. The maximum absolute atomic E-state index is 12.7. The summed E-state index contributed by atoms with van der Waals surface area (Å²) >= 11 is 0. The van der Waals surface area contributed by atoms with Gasteiger partial charge in [0.05, 0.1) is 6.54 Å². The lowest BCUT2D eigenvalue weighted by Gasteiger charge is -2.33. The number of aromatic nitrogens is 5. The molecular weight excluding hydrogens is 340 g/mol. The summed E-state index contributed by atoms with van der Waals surface area (Å²) in [5, 5.41) is 9.02. The molecule has 2 aromatic rings. The van der Waals surface area contributed by atoms with Crippen LogP contribution < -0.4 is 0 Å². The van der Waals surface area contributed by atoms with Gasteiger partial charge in [0.15, 0.2) is 5.82 Å². The summed E-state index contributed by atoms with van der Waals surface area (Å²) in [7, 11) is 0. The minimum Gasteiger partial charge on any atom is -0.342 e. The van der Waals surface area contributed by atoms with E-state index in [-0.39, 0.29) is 5.92 Å². The number of likely N-dealkylation sites (tertiary alicyclic amines) is 1. The van der Waals surface area contributed by atoms with Crippen LogP contribution in [0.1, 0.15) is 68.8 Å². The second-order valence-electron chi connectivity index (χ2n) is 7.90. The molecule has 1 aliphatic carbocycles. The molecule has 0 aromatic carbocycles. The van der Waals surface area contributed by atoms with Crippen molar-refractivity contribution in [3.05, 3.63) is 29.9 Å². The molecule has 2 fully saturated rings. The first-order valence-corrected chi connectivity index (χ1v) is 10.4. The standard InChI is InChI=1S/C20H30N6O/c1-3-26-18(14-25-13-10-21-15(25)2)22-23-19(26)16-8-11-24(12-9-16)20(27)17-6-4-5-7-17/h10,13,16-17H,3-9,11-12,14H2,1-2H3. The molecule has 1 aliphatic heterocycles. The van der Waals surface area contributed by atoms with Crippen molar-refractivity contribution in [2.24, 2.45) is 5.92 Å². The van der Waals surface area contributed by atoms with Gasteiger partial charge in [-0.05, 0) is 39.5 Å². The fraction of sp³-hybridized carbons (Fsp3) is 0.700. The molecule has 1 saturated carbocycles. The van der Waals surface area contributed by atoms with Gasteiger partial charge in [-0.1, -0.05) is 12.8 Å². The fourth-order valence-corrected chi connectivity index (χ4v) is 4.62. The molecule has 0 bridgehead atoms. The molecule has 7 heteroatoms. The highest BCUT2D eigenvalue weighted by atomic mass is 16.2. The van der Waals surface area contributed by atoms with Crippen molar-refractivity contribution < 1.29 is 4.79 Å². The van der Waals surface area contributed by atoms with Crippen molar-refractivity contribution in [3.8, 4) is 0 Å². The Morgan fingerprint density at radius 3 is 2.52 bits per heavy atom. The zero-order valence-electron chi connectivity index (χ0n) is 16.5. The summed E-state index contributed by atoms with van der Waals surface area (Å²) in [4.78, 5) is 19.0. The van der Waals surface area contributed by atoms with Gasteiger partial charge in [0.2, 0.25) is 5.91 Å². The molecule has 7 nitrogen and oxygen atoms in total. The third-order valence-corrected chi connectivity index (χ3v) is 6.28. The van der Waals surface area contributed by atoms with E-state index in [1.807, 2.05) is 19.3 Å². The average molecular weight is 371 g/mol. The Bertz CT molecular complexity index is 780.